The zero-order valence-corrected chi connectivity index (χ0v) is 19.0. The van der Waals surface area contributed by atoms with E-state index < -0.39 is 20.0 Å². The Kier molecular flexibility index (Phi) is 5.89. The Morgan fingerprint density at radius 1 is 0.600 bits per heavy atom. The first kappa shape index (κ1) is 22.5. The van der Waals surface area contributed by atoms with E-state index in [4.69, 9.17) is 0 Å². The number of rotatable bonds is 4. The molecule has 4 aliphatic rings. The van der Waals surface area contributed by atoms with Gasteiger partial charge in [0, 0.05) is 28.2 Å². The Morgan fingerprint density at radius 2 is 0.900 bits per heavy atom. The van der Waals surface area contributed by atoms with Crippen LogP contribution in [-0.2, 0) is 45.7 Å². The van der Waals surface area contributed by atoms with Crippen LogP contribution < -0.4 is 0 Å². The molecule has 0 heterocycles. The highest BCUT2D eigenvalue weighted by atomic mass is 32.2. The number of phenolic OH excluding ortho intramolecular Hbond substituents is 2. The van der Waals surface area contributed by atoms with Crippen LogP contribution in [0.3, 0.4) is 0 Å². The molecule has 2 aromatic rings. The van der Waals surface area contributed by atoms with Gasteiger partial charge in [0.1, 0.15) is 11.5 Å². The lowest BCUT2D eigenvalue weighted by Crippen LogP contribution is -2.24. The van der Waals surface area contributed by atoms with Crippen molar-refractivity contribution < 1.29 is 27.0 Å². The number of phenols is 2. The first-order valence-electron chi connectivity index (χ1n) is 9.40. The number of hydrogen-bond acceptors (Lipinski definition) is 6. The van der Waals surface area contributed by atoms with Gasteiger partial charge in [-0.05, 0) is 72.2 Å². The molecule has 0 aromatic heterocycles. The topological polar surface area (TPSA) is 115 Å². The summed E-state index contributed by atoms with van der Waals surface area (Å²) in [6.45, 7) is 0. The molecule has 164 valence electrons. The third-order valence-electron chi connectivity index (χ3n) is 5.37. The van der Waals surface area contributed by atoms with Crippen molar-refractivity contribution in [2.45, 2.75) is 35.5 Å². The molecule has 4 aliphatic carbocycles. The van der Waals surface area contributed by atoms with Crippen molar-refractivity contribution in [1.29, 1.82) is 0 Å². The molecule has 0 spiro atoms. The fraction of sp³-hybridized carbons (Fsp3) is 0.400. The summed E-state index contributed by atoms with van der Waals surface area (Å²) in [5, 5.41) is 20.9. The zero-order chi connectivity index (χ0) is 22.4. The minimum atomic E-state index is -3.74. The van der Waals surface area contributed by atoms with Gasteiger partial charge in [0.15, 0.2) is 0 Å². The molecular weight excluding hydrogens is 428 g/mol. The summed E-state index contributed by atoms with van der Waals surface area (Å²) in [6, 6.07) is 5.84. The van der Waals surface area contributed by atoms with E-state index in [1.165, 1.54) is 52.5 Å². The maximum Gasteiger partial charge on any atom is 0.242 e. The normalized spacial score (nSPS) is 14.9. The highest BCUT2D eigenvalue weighted by molar-refractivity contribution is 7.89. The Hall–Kier alpha value is -2.14. The number of sulfonamides is 2. The van der Waals surface area contributed by atoms with Gasteiger partial charge in [-0.3, -0.25) is 0 Å². The minimum absolute atomic E-state index is 0.0287. The average molecular weight is 455 g/mol. The molecule has 2 aromatic carbocycles. The van der Waals surface area contributed by atoms with Crippen LogP contribution in [0.1, 0.15) is 22.3 Å². The Labute approximate surface area is 177 Å². The van der Waals surface area contributed by atoms with Crippen LogP contribution in [0.5, 0.6) is 11.5 Å². The van der Waals surface area contributed by atoms with E-state index >= 15 is 0 Å². The summed E-state index contributed by atoms with van der Waals surface area (Å²) < 4.78 is 53.5. The van der Waals surface area contributed by atoms with Crippen molar-refractivity contribution in [3.8, 4) is 11.5 Å². The first-order chi connectivity index (χ1) is 13.9. The zero-order valence-electron chi connectivity index (χ0n) is 17.4. The summed E-state index contributed by atoms with van der Waals surface area (Å²) in [7, 11) is -1.72. The quantitative estimate of drug-likeness (QED) is 0.723. The molecule has 0 saturated carbocycles. The van der Waals surface area contributed by atoms with Crippen molar-refractivity contribution in [2.75, 3.05) is 28.2 Å². The third kappa shape index (κ3) is 3.92. The Balaban J connectivity index is 2.22. The summed E-state index contributed by atoms with van der Waals surface area (Å²) in [5.41, 5.74) is 1.62. The van der Waals surface area contributed by atoms with Gasteiger partial charge in [0.05, 0.1) is 9.79 Å². The molecule has 2 N–H and O–H groups in total. The minimum Gasteiger partial charge on any atom is -0.508 e. The van der Waals surface area contributed by atoms with Crippen molar-refractivity contribution >= 4 is 20.0 Å². The fourth-order valence-electron chi connectivity index (χ4n) is 3.51. The van der Waals surface area contributed by atoms with E-state index in [1.54, 1.807) is 0 Å². The number of benzene rings is 2. The molecular formula is C20H26N2O6S2. The van der Waals surface area contributed by atoms with Gasteiger partial charge in [-0.25, -0.2) is 25.4 Å². The van der Waals surface area contributed by atoms with Gasteiger partial charge in [-0.1, -0.05) is 0 Å². The first-order valence-corrected chi connectivity index (χ1v) is 12.3. The van der Waals surface area contributed by atoms with Gasteiger partial charge >= 0.3 is 0 Å². The second-order valence-electron chi connectivity index (χ2n) is 7.75. The van der Waals surface area contributed by atoms with Crippen LogP contribution in [0.15, 0.2) is 34.1 Å². The summed E-state index contributed by atoms with van der Waals surface area (Å²) >= 11 is 0. The summed E-state index contributed by atoms with van der Waals surface area (Å²) in [6.07, 6.45) is 0.808. The van der Waals surface area contributed by atoms with Gasteiger partial charge in [-0.2, -0.15) is 0 Å². The van der Waals surface area contributed by atoms with Gasteiger partial charge in [-0.15, -0.1) is 0 Å². The lowest BCUT2D eigenvalue weighted by molar-refractivity contribution is 0.461. The molecule has 0 unspecified atom stereocenters. The Morgan fingerprint density at radius 3 is 1.20 bits per heavy atom. The predicted octanol–water partition coefficient (Wildman–Crippen LogP) is 1.48. The molecule has 30 heavy (non-hydrogen) atoms. The molecule has 0 saturated heterocycles. The van der Waals surface area contributed by atoms with Crippen LogP contribution in [0.4, 0.5) is 0 Å². The molecule has 0 atom stereocenters. The maximum atomic E-state index is 12.8. The van der Waals surface area contributed by atoms with Crippen LogP contribution in [0.2, 0.25) is 0 Å². The van der Waals surface area contributed by atoms with Crippen molar-refractivity contribution in [3.05, 3.63) is 46.5 Å². The van der Waals surface area contributed by atoms with E-state index in [0.29, 0.717) is 22.3 Å². The van der Waals surface area contributed by atoms with Crippen LogP contribution in [0.25, 0.3) is 0 Å². The lowest BCUT2D eigenvalue weighted by Gasteiger charge is -2.21. The van der Waals surface area contributed by atoms with Crippen LogP contribution >= 0.6 is 0 Å². The standard InChI is InChI=1S/C20H26N2O6S2/c1-21(2)29(25,26)19-11-13-6-8-16-10-18(24)14(5-7-15(19)9-17(13)23)12-20(16)30(27,28)22(3)4/h9-12,23-24H,5-8H2,1-4H3. The SMILES string of the molecule is CN(C)S(=O)(=O)c1cc2c(O)cc1CCc1cc(S(=O)(=O)N(C)C)c(cc1O)CC2. The fourth-order valence-corrected chi connectivity index (χ4v) is 5.86. The van der Waals surface area contributed by atoms with E-state index in [-0.39, 0.29) is 47.0 Å². The third-order valence-corrected chi connectivity index (χ3v) is 9.16. The summed E-state index contributed by atoms with van der Waals surface area (Å²) in [5.74, 6) is -0.0575. The average Bonchev–Trinajstić information content (AvgIpc) is 2.64. The van der Waals surface area contributed by atoms with E-state index in [0.717, 1.165) is 8.61 Å². The van der Waals surface area contributed by atoms with Crippen molar-refractivity contribution in [3.63, 3.8) is 0 Å². The van der Waals surface area contributed by atoms with Crippen LogP contribution in [0, 0.1) is 0 Å². The molecule has 6 rings (SSSR count). The van der Waals surface area contributed by atoms with Gasteiger partial charge in [0.25, 0.3) is 0 Å². The van der Waals surface area contributed by atoms with Gasteiger partial charge in [0.2, 0.25) is 20.0 Å². The second kappa shape index (κ2) is 7.84. The molecule has 4 bridgehead atoms. The number of aryl methyl sites for hydroxylation is 4. The second-order valence-corrected chi connectivity index (χ2v) is 12.0. The largest absolute Gasteiger partial charge is 0.508 e. The number of nitrogens with zero attached hydrogens (tertiary/aromatic N) is 2. The molecule has 8 nitrogen and oxygen atoms in total. The highest BCUT2D eigenvalue weighted by Crippen LogP contribution is 2.34. The smallest absolute Gasteiger partial charge is 0.242 e. The molecule has 0 fully saturated rings. The monoisotopic (exact) mass is 454 g/mol. The lowest BCUT2D eigenvalue weighted by atomic mass is 9.95. The van der Waals surface area contributed by atoms with Gasteiger partial charge < -0.3 is 10.2 Å². The molecule has 0 radical (unpaired) electrons. The van der Waals surface area contributed by atoms with Crippen molar-refractivity contribution in [2.24, 2.45) is 0 Å². The summed E-state index contributed by atoms with van der Waals surface area (Å²) in [4.78, 5) is 0.215. The Bertz CT molecular complexity index is 1110. The molecule has 10 heteroatoms. The predicted molar refractivity (Wildman–Crippen MR) is 113 cm³/mol. The van der Waals surface area contributed by atoms with E-state index in [9.17, 15) is 27.0 Å². The number of hydrogen-bond donors (Lipinski definition) is 2. The molecule has 0 amide bonds. The van der Waals surface area contributed by atoms with E-state index in [2.05, 4.69) is 0 Å². The van der Waals surface area contributed by atoms with Crippen molar-refractivity contribution in [1.82, 2.24) is 8.61 Å². The van der Waals surface area contributed by atoms with Crippen LogP contribution in [-0.4, -0.2) is 63.8 Å². The molecule has 0 aliphatic heterocycles. The number of aromatic hydroxyl groups is 2. The van der Waals surface area contributed by atoms with E-state index in [1.807, 2.05) is 0 Å². The maximum absolute atomic E-state index is 12.8. The highest BCUT2D eigenvalue weighted by Gasteiger charge is 2.27.